The zero-order valence-electron chi connectivity index (χ0n) is 31.8. The third-order valence-corrected chi connectivity index (χ3v) is 12.8. The topological polar surface area (TPSA) is 29.3 Å². The molecule has 0 aliphatic heterocycles. The van der Waals surface area contributed by atoms with Crippen molar-refractivity contribution >= 4 is 92.0 Å². The van der Waals surface area contributed by atoms with Crippen LogP contribution in [0.4, 0.5) is 17.1 Å². The Bertz CT molecular complexity index is 3550. The minimum atomic E-state index is 0.635. The van der Waals surface area contributed by atoms with E-state index in [1.165, 1.54) is 52.8 Å². The quantitative estimate of drug-likeness (QED) is 0.158. The third kappa shape index (κ3) is 5.60. The van der Waals surface area contributed by atoms with Gasteiger partial charge in [0.25, 0.3) is 0 Å². The first-order valence-corrected chi connectivity index (χ1v) is 20.8. The Labute approximate surface area is 344 Å². The van der Waals surface area contributed by atoms with E-state index < -0.39 is 0 Å². The Kier molecular flexibility index (Phi) is 7.72. The highest BCUT2D eigenvalue weighted by molar-refractivity contribution is 7.25. The van der Waals surface area contributed by atoms with Crippen molar-refractivity contribution in [2.75, 3.05) is 4.90 Å². The zero-order valence-corrected chi connectivity index (χ0v) is 32.7. The largest absolute Gasteiger partial charge is 0.435 e. The van der Waals surface area contributed by atoms with E-state index in [1.807, 2.05) is 41.7 Å². The molecule has 59 heavy (non-hydrogen) atoms. The fraction of sp³-hybridized carbons (Fsp3) is 0. The lowest BCUT2D eigenvalue weighted by Gasteiger charge is -2.28. The number of nitrogens with zero attached hydrogens (tertiary/aromatic N) is 2. The van der Waals surface area contributed by atoms with E-state index in [2.05, 4.69) is 181 Å². The highest BCUT2D eigenvalue weighted by Crippen LogP contribution is 2.44. The van der Waals surface area contributed by atoms with Gasteiger partial charge in [0.05, 0.1) is 5.69 Å². The van der Waals surface area contributed by atoms with Gasteiger partial charge in [0.15, 0.2) is 5.58 Å². The molecule has 276 valence electrons. The van der Waals surface area contributed by atoms with E-state index >= 15 is 0 Å². The molecule has 0 amide bonds. The summed E-state index contributed by atoms with van der Waals surface area (Å²) in [6.07, 6.45) is 0. The molecular formula is C55H34N2OS. The molecule has 12 aromatic rings. The number of para-hydroxylation sites is 2. The Balaban J connectivity index is 0.975. The summed E-state index contributed by atoms with van der Waals surface area (Å²) in [5.41, 5.74) is 10.7. The second-order valence-corrected chi connectivity index (χ2v) is 16.2. The van der Waals surface area contributed by atoms with Crippen LogP contribution in [0.1, 0.15) is 0 Å². The first kappa shape index (κ1) is 33.6. The van der Waals surface area contributed by atoms with Gasteiger partial charge in [-0.3, -0.25) is 0 Å². The molecule has 0 atom stereocenters. The van der Waals surface area contributed by atoms with Crippen molar-refractivity contribution in [3.63, 3.8) is 0 Å². The van der Waals surface area contributed by atoms with Crippen LogP contribution in [-0.4, -0.2) is 4.98 Å². The lowest BCUT2D eigenvalue weighted by molar-refractivity contribution is 0.623. The summed E-state index contributed by atoms with van der Waals surface area (Å²) in [6.45, 7) is 0. The maximum absolute atomic E-state index is 6.59. The number of aromatic nitrogens is 1. The number of anilines is 3. The van der Waals surface area contributed by atoms with Gasteiger partial charge in [0.2, 0.25) is 5.89 Å². The summed E-state index contributed by atoms with van der Waals surface area (Å²) in [7, 11) is 0. The molecule has 0 aliphatic carbocycles. The SMILES string of the molecule is c1ccc(-c2nc3ccc4ccc5ccc6cc(-c7ccccc7N(c7ccccc7)c7ccc(-c8ccc9sc%10ccccc%10c9c8)cc7)ccc6c5c4c3o2)cc1. The highest BCUT2D eigenvalue weighted by atomic mass is 32.1. The molecule has 0 saturated heterocycles. The molecule has 4 heteroatoms. The number of rotatable bonds is 6. The molecule has 0 aliphatic rings. The van der Waals surface area contributed by atoms with Crippen LogP contribution in [0.25, 0.3) is 97.3 Å². The van der Waals surface area contributed by atoms with Crippen LogP contribution in [0.5, 0.6) is 0 Å². The van der Waals surface area contributed by atoms with Crippen molar-refractivity contribution in [2.45, 2.75) is 0 Å². The smallest absolute Gasteiger partial charge is 0.227 e. The molecule has 0 spiro atoms. The van der Waals surface area contributed by atoms with Gasteiger partial charge in [-0.25, -0.2) is 4.98 Å². The molecule has 2 heterocycles. The number of oxazole rings is 1. The minimum Gasteiger partial charge on any atom is -0.435 e. The lowest BCUT2D eigenvalue weighted by atomic mass is 9.93. The molecule has 0 saturated carbocycles. The molecule has 0 radical (unpaired) electrons. The molecule has 0 fully saturated rings. The van der Waals surface area contributed by atoms with Crippen molar-refractivity contribution in [1.29, 1.82) is 0 Å². The molecule has 0 unspecified atom stereocenters. The van der Waals surface area contributed by atoms with Gasteiger partial charge in [0.1, 0.15) is 5.52 Å². The van der Waals surface area contributed by atoms with E-state index in [9.17, 15) is 0 Å². The average Bonchev–Trinajstić information content (AvgIpc) is 3.92. The van der Waals surface area contributed by atoms with Gasteiger partial charge >= 0.3 is 0 Å². The van der Waals surface area contributed by atoms with Crippen molar-refractivity contribution in [3.8, 4) is 33.7 Å². The summed E-state index contributed by atoms with van der Waals surface area (Å²) < 4.78 is 9.23. The summed E-state index contributed by atoms with van der Waals surface area (Å²) >= 11 is 1.86. The van der Waals surface area contributed by atoms with E-state index in [4.69, 9.17) is 9.40 Å². The molecule has 0 N–H and O–H groups in total. The highest BCUT2D eigenvalue weighted by Gasteiger charge is 2.19. The van der Waals surface area contributed by atoms with Crippen molar-refractivity contribution in [1.82, 2.24) is 4.98 Å². The first-order chi connectivity index (χ1) is 29.2. The summed E-state index contributed by atoms with van der Waals surface area (Å²) in [6, 6.07) is 74.1. The van der Waals surface area contributed by atoms with E-state index in [0.29, 0.717) is 5.89 Å². The maximum Gasteiger partial charge on any atom is 0.227 e. The van der Waals surface area contributed by atoms with Crippen LogP contribution in [0.3, 0.4) is 0 Å². The number of thiophene rings is 1. The van der Waals surface area contributed by atoms with Crippen LogP contribution in [0, 0.1) is 0 Å². The fourth-order valence-electron chi connectivity index (χ4n) is 8.85. The third-order valence-electron chi connectivity index (χ3n) is 11.7. The monoisotopic (exact) mass is 770 g/mol. The second kappa shape index (κ2) is 13.6. The van der Waals surface area contributed by atoms with Crippen molar-refractivity contribution in [3.05, 3.63) is 206 Å². The second-order valence-electron chi connectivity index (χ2n) is 15.1. The standard InChI is InChI=1S/C55H34N2OS/c1-3-11-38(12-4-1)55-56-48-31-26-37-20-19-36-21-22-41-33-40(25-30-45(41)52(36)53(37)54(48)58-55)44-15-7-9-17-49(44)57(42-13-5-2-6-14-42)43-28-23-35(24-29-43)39-27-32-51-47(34-39)46-16-8-10-18-50(46)59-51/h1-34H. The summed E-state index contributed by atoms with van der Waals surface area (Å²) in [5.74, 6) is 0.635. The molecule has 3 nitrogen and oxygen atoms in total. The van der Waals surface area contributed by atoms with Crippen LogP contribution in [0.2, 0.25) is 0 Å². The van der Waals surface area contributed by atoms with Crippen LogP contribution >= 0.6 is 11.3 Å². The Hall–Kier alpha value is -7.53. The van der Waals surface area contributed by atoms with Gasteiger partial charge in [0, 0.05) is 53.4 Å². The zero-order chi connectivity index (χ0) is 38.9. The molecule has 10 aromatic carbocycles. The first-order valence-electron chi connectivity index (χ1n) is 19.9. The predicted molar refractivity (Wildman–Crippen MR) is 250 cm³/mol. The van der Waals surface area contributed by atoms with Gasteiger partial charge < -0.3 is 9.32 Å². The van der Waals surface area contributed by atoms with E-state index in [0.717, 1.165) is 55.6 Å². The van der Waals surface area contributed by atoms with Crippen LogP contribution in [0.15, 0.2) is 211 Å². The minimum absolute atomic E-state index is 0.635. The van der Waals surface area contributed by atoms with Gasteiger partial charge in [-0.15, -0.1) is 11.3 Å². The van der Waals surface area contributed by atoms with E-state index in [1.54, 1.807) is 0 Å². The van der Waals surface area contributed by atoms with Crippen molar-refractivity contribution in [2.24, 2.45) is 0 Å². The van der Waals surface area contributed by atoms with E-state index in [-0.39, 0.29) is 0 Å². The predicted octanol–water partition coefficient (Wildman–Crippen LogP) is 16.1. The average molecular weight is 771 g/mol. The number of hydrogen-bond donors (Lipinski definition) is 0. The molecule has 12 rings (SSSR count). The van der Waals surface area contributed by atoms with Crippen LogP contribution < -0.4 is 4.90 Å². The Morgan fingerprint density at radius 1 is 0.407 bits per heavy atom. The molecule has 2 aromatic heterocycles. The number of hydrogen-bond acceptors (Lipinski definition) is 4. The number of fused-ring (bicyclic) bond motifs is 10. The van der Waals surface area contributed by atoms with Gasteiger partial charge in [-0.05, 0) is 111 Å². The maximum atomic E-state index is 6.59. The normalized spacial score (nSPS) is 11.7. The Morgan fingerprint density at radius 2 is 1.05 bits per heavy atom. The number of benzene rings is 10. The lowest BCUT2D eigenvalue weighted by Crippen LogP contribution is -2.11. The van der Waals surface area contributed by atoms with Crippen LogP contribution in [-0.2, 0) is 0 Å². The molecule has 0 bridgehead atoms. The van der Waals surface area contributed by atoms with Gasteiger partial charge in [-0.2, -0.15) is 0 Å². The summed E-state index contributed by atoms with van der Waals surface area (Å²) in [4.78, 5) is 7.29. The fourth-order valence-corrected chi connectivity index (χ4v) is 9.93. The Morgan fingerprint density at radius 3 is 1.90 bits per heavy atom. The summed E-state index contributed by atoms with van der Waals surface area (Å²) in [5, 5.41) is 9.56. The van der Waals surface area contributed by atoms with Crippen molar-refractivity contribution < 1.29 is 4.42 Å². The molecular weight excluding hydrogens is 737 g/mol. The van der Waals surface area contributed by atoms with Gasteiger partial charge in [-0.1, -0.05) is 133 Å².